The van der Waals surface area contributed by atoms with Crippen molar-refractivity contribution >= 4 is 28.5 Å². The maximum Gasteiger partial charge on any atom is 0.293 e. The van der Waals surface area contributed by atoms with Crippen molar-refractivity contribution < 1.29 is 24.5 Å². The predicted molar refractivity (Wildman–Crippen MR) is 114 cm³/mol. The summed E-state index contributed by atoms with van der Waals surface area (Å²) in [4.78, 5) is 29.7. The lowest BCUT2D eigenvalue weighted by atomic mass is 9.94. The molecule has 1 aromatic heterocycles. The number of phenolic OH excluding ortho intramolecular Hbond substituents is 2. The van der Waals surface area contributed by atoms with Crippen molar-refractivity contribution in [1.82, 2.24) is 9.80 Å². The number of aromatic hydroxyl groups is 2. The third-order valence-electron chi connectivity index (χ3n) is 5.40. The average molecular weight is 445 g/mol. The highest BCUT2D eigenvalue weighted by molar-refractivity contribution is 6.31. The van der Waals surface area contributed by atoms with Gasteiger partial charge in [0, 0.05) is 17.1 Å². The summed E-state index contributed by atoms with van der Waals surface area (Å²) in [5, 5.41) is 32.0. The predicted octanol–water partition coefficient (Wildman–Crippen LogP) is 2.46. The van der Waals surface area contributed by atoms with Gasteiger partial charge in [0.05, 0.1) is 5.39 Å². The molecule has 31 heavy (non-hydrogen) atoms. The summed E-state index contributed by atoms with van der Waals surface area (Å²) >= 11 is 6.04. The molecule has 0 saturated heterocycles. The van der Waals surface area contributed by atoms with Crippen molar-refractivity contribution in [3.63, 3.8) is 0 Å². The van der Waals surface area contributed by atoms with Crippen LogP contribution in [0, 0.1) is 0 Å². The lowest BCUT2D eigenvalue weighted by molar-refractivity contribution is -0.0514. The molecule has 0 radical (unpaired) electrons. The highest BCUT2D eigenvalue weighted by Crippen LogP contribution is 2.43. The van der Waals surface area contributed by atoms with Crippen molar-refractivity contribution in [3.05, 3.63) is 68.5 Å². The smallest absolute Gasteiger partial charge is 0.293 e. The van der Waals surface area contributed by atoms with Crippen molar-refractivity contribution in [1.29, 1.82) is 0 Å². The minimum atomic E-state index is -2.19. The topological polar surface area (TPSA) is 114 Å². The average Bonchev–Trinajstić information content (AvgIpc) is 2.93. The number of amides is 1. The molecule has 1 atom stereocenters. The molecule has 0 aliphatic carbocycles. The molecule has 0 fully saturated rings. The minimum Gasteiger partial charge on any atom is -0.504 e. The molecule has 0 bridgehead atoms. The molecule has 3 aromatic rings. The monoisotopic (exact) mass is 444 g/mol. The zero-order chi connectivity index (χ0) is 22.5. The second kappa shape index (κ2) is 7.56. The van der Waals surface area contributed by atoms with Crippen LogP contribution in [0.15, 0.2) is 45.6 Å². The normalized spacial score (nSPS) is 18.2. The number of rotatable bonds is 5. The quantitative estimate of drug-likeness (QED) is 0.518. The number of phenols is 2. The maximum atomic E-state index is 13.4. The molecule has 3 N–H and O–H groups in total. The Labute approximate surface area is 182 Å². The Bertz CT molecular complexity index is 1250. The molecule has 2 aromatic carbocycles. The summed E-state index contributed by atoms with van der Waals surface area (Å²) in [6, 6.07) is 8.10. The van der Waals surface area contributed by atoms with E-state index in [1.165, 1.54) is 30.3 Å². The Morgan fingerprint density at radius 3 is 2.52 bits per heavy atom. The molecular formula is C22H21ClN2O6. The van der Waals surface area contributed by atoms with E-state index in [0.29, 0.717) is 18.0 Å². The third kappa shape index (κ3) is 3.33. The van der Waals surface area contributed by atoms with E-state index in [1.54, 1.807) is 0 Å². The van der Waals surface area contributed by atoms with E-state index in [9.17, 15) is 24.9 Å². The molecule has 9 heteroatoms. The SMILES string of the molecule is CN(C)CCCN1C(=O)c2oc3ccc(Cl)cc3c(=O)c2C1(O)c1ccc(O)c(O)c1. The zero-order valence-electron chi connectivity index (χ0n) is 16.9. The summed E-state index contributed by atoms with van der Waals surface area (Å²) in [5.74, 6) is -1.79. The molecule has 1 amide bonds. The number of benzene rings is 2. The molecule has 162 valence electrons. The lowest BCUT2D eigenvalue weighted by Crippen LogP contribution is -2.47. The van der Waals surface area contributed by atoms with Crippen molar-refractivity contribution in [2.24, 2.45) is 0 Å². The fraction of sp³-hybridized carbons (Fsp3) is 0.273. The van der Waals surface area contributed by atoms with Crippen LogP contribution in [0.4, 0.5) is 0 Å². The Morgan fingerprint density at radius 2 is 1.84 bits per heavy atom. The number of nitrogens with zero attached hydrogens (tertiary/aromatic N) is 2. The maximum absolute atomic E-state index is 13.4. The second-order valence-electron chi connectivity index (χ2n) is 7.77. The second-order valence-corrected chi connectivity index (χ2v) is 8.20. The van der Waals surface area contributed by atoms with Crippen LogP contribution in [0.3, 0.4) is 0 Å². The number of hydrogen-bond donors (Lipinski definition) is 3. The van der Waals surface area contributed by atoms with Gasteiger partial charge in [0.25, 0.3) is 5.91 Å². The minimum absolute atomic E-state index is 0.0495. The van der Waals surface area contributed by atoms with Crippen molar-refractivity contribution in [2.45, 2.75) is 12.1 Å². The lowest BCUT2D eigenvalue weighted by Gasteiger charge is -2.34. The summed E-state index contributed by atoms with van der Waals surface area (Å²) in [5.41, 5.74) is -2.82. The van der Waals surface area contributed by atoms with Gasteiger partial charge in [0.1, 0.15) is 11.1 Å². The zero-order valence-corrected chi connectivity index (χ0v) is 17.7. The highest BCUT2D eigenvalue weighted by atomic mass is 35.5. The number of halogens is 1. The fourth-order valence-electron chi connectivity index (χ4n) is 3.89. The first-order chi connectivity index (χ1) is 14.6. The van der Waals surface area contributed by atoms with E-state index >= 15 is 0 Å². The Kier molecular flexibility index (Phi) is 5.17. The van der Waals surface area contributed by atoms with Crippen molar-refractivity contribution in [3.8, 4) is 11.5 Å². The number of carbonyl (C=O) groups is 1. The van der Waals surface area contributed by atoms with Gasteiger partial charge in [0.15, 0.2) is 11.5 Å². The van der Waals surface area contributed by atoms with E-state index in [-0.39, 0.29) is 34.4 Å². The highest BCUT2D eigenvalue weighted by Gasteiger charge is 2.54. The van der Waals surface area contributed by atoms with Gasteiger partial charge in [0.2, 0.25) is 16.9 Å². The molecular weight excluding hydrogens is 424 g/mol. The van der Waals surface area contributed by atoms with Crippen molar-refractivity contribution in [2.75, 3.05) is 27.2 Å². The standard InChI is InChI=1S/C22H21ClN2O6/c1-24(2)8-3-9-25-21(29)20-18(19(28)14-11-13(23)5-7-17(14)31-20)22(25,30)12-4-6-15(26)16(27)10-12/h4-7,10-11,26-27,30H,3,8-9H2,1-2H3. The van der Waals surface area contributed by atoms with Crippen LogP contribution in [0.1, 0.15) is 28.1 Å². The summed E-state index contributed by atoms with van der Waals surface area (Å²) < 4.78 is 5.75. The Hall–Kier alpha value is -3.07. The molecule has 4 rings (SSSR count). The van der Waals surface area contributed by atoms with Gasteiger partial charge < -0.3 is 24.6 Å². The first-order valence-electron chi connectivity index (χ1n) is 9.63. The van der Waals surface area contributed by atoms with Gasteiger partial charge in [-0.25, -0.2) is 0 Å². The molecule has 8 nitrogen and oxygen atoms in total. The summed E-state index contributed by atoms with van der Waals surface area (Å²) in [6.07, 6.45) is 0.513. The van der Waals surface area contributed by atoms with Crippen LogP contribution in [0.5, 0.6) is 11.5 Å². The number of fused-ring (bicyclic) bond motifs is 2. The molecule has 2 heterocycles. The van der Waals surface area contributed by atoms with Gasteiger partial charge in [-0.2, -0.15) is 0 Å². The Morgan fingerprint density at radius 1 is 1.10 bits per heavy atom. The van der Waals surface area contributed by atoms with E-state index in [1.807, 2.05) is 19.0 Å². The van der Waals surface area contributed by atoms with E-state index in [2.05, 4.69) is 0 Å². The van der Waals surface area contributed by atoms with Crippen LogP contribution in [-0.2, 0) is 5.72 Å². The van der Waals surface area contributed by atoms with Gasteiger partial charge in [-0.3, -0.25) is 14.5 Å². The van der Waals surface area contributed by atoms with E-state index in [4.69, 9.17) is 16.0 Å². The van der Waals surface area contributed by atoms with Gasteiger partial charge in [-0.1, -0.05) is 11.6 Å². The number of aliphatic hydroxyl groups is 1. The first-order valence-corrected chi connectivity index (χ1v) is 10.0. The largest absolute Gasteiger partial charge is 0.504 e. The van der Waals surface area contributed by atoms with Gasteiger partial charge in [-0.05, 0) is 63.5 Å². The number of carbonyl (C=O) groups excluding carboxylic acids is 1. The van der Waals surface area contributed by atoms with Gasteiger partial charge in [-0.15, -0.1) is 0 Å². The number of hydrogen-bond acceptors (Lipinski definition) is 7. The molecule has 1 aliphatic heterocycles. The van der Waals surface area contributed by atoms with E-state index < -0.39 is 28.6 Å². The molecule has 0 saturated carbocycles. The van der Waals surface area contributed by atoms with Crippen LogP contribution >= 0.6 is 11.6 Å². The molecule has 1 unspecified atom stereocenters. The van der Waals surface area contributed by atoms with Crippen LogP contribution in [-0.4, -0.2) is 58.2 Å². The van der Waals surface area contributed by atoms with Crippen LogP contribution in [0.2, 0.25) is 5.02 Å². The summed E-state index contributed by atoms with van der Waals surface area (Å²) in [7, 11) is 3.76. The summed E-state index contributed by atoms with van der Waals surface area (Å²) in [6.45, 7) is 0.756. The third-order valence-corrected chi connectivity index (χ3v) is 5.63. The molecule has 1 aliphatic rings. The fourth-order valence-corrected chi connectivity index (χ4v) is 4.06. The Balaban J connectivity index is 1.97. The first kappa shape index (κ1) is 21.2. The van der Waals surface area contributed by atoms with Gasteiger partial charge >= 0.3 is 0 Å². The molecule has 0 spiro atoms. The van der Waals surface area contributed by atoms with Crippen LogP contribution in [0.25, 0.3) is 11.0 Å². The van der Waals surface area contributed by atoms with Crippen LogP contribution < -0.4 is 5.43 Å². The van der Waals surface area contributed by atoms with E-state index in [0.717, 1.165) is 11.0 Å².